The molecule has 1 aliphatic heterocycles. The Morgan fingerprint density at radius 2 is 1.92 bits per heavy atom. The Morgan fingerprint density at radius 3 is 2.54 bits per heavy atom. The maximum Gasteiger partial charge on any atom is 0.268 e. The Labute approximate surface area is 145 Å². The molecule has 1 amide bonds. The third-order valence-electron chi connectivity index (χ3n) is 4.51. The van der Waals surface area contributed by atoms with Crippen molar-refractivity contribution in [3.63, 3.8) is 0 Å². The number of benzene rings is 1. The molecule has 0 radical (unpaired) electrons. The Balaban J connectivity index is 2.23. The summed E-state index contributed by atoms with van der Waals surface area (Å²) >= 11 is 0. The van der Waals surface area contributed by atoms with Crippen LogP contribution in [0.2, 0.25) is 0 Å². The first-order chi connectivity index (χ1) is 11.5. The molecule has 0 aliphatic carbocycles. The summed E-state index contributed by atoms with van der Waals surface area (Å²) in [4.78, 5) is 26.3. The van der Waals surface area contributed by atoms with Crippen LogP contribution >= 0.6 is 0 Å². The van der Waals surface area contributed by atoms with Crippen molar-refractivity contribution in [2.45, 2.75) is 65.9 Å². The van der Waals surface area contributed by atoms with E-state index in [2.05, 4.69) is 6.92 Å². The van der Waals surface area contributed by atoms with Crippen molar-refractivity contribution in [2.24, 2.45) is 5.92 Å². The average molecular weight is 331 g/mol. The minimum absolute atomic E-state index is 0.000808. The molecule has 2 rings (SSSR count). The van der Waals surface area contributed by atoms with Crippen LogP contribution in [0.5, 0.6) is 5.75 Å². The van der Waals surface area contributed by atoms with Gasteiger partial charge in [-0.15, -0.1) is 0 Å². The molecule has 1 aliphatic rings. The van der Waals surface area contributed by atoms with Gasteiger partial charge in [-0.25, -0.2) is 0 Å². The molecule has 1 unspecified atom stereocenters. The number of anilines is 1. The molecule has 0 saturated carbocycles. The number of ether oxygens (including phenoxy) is 1. The molecule has 4 nitrogen and oxygen atoms in total. The largest absolute Gasteiger partial charge is 0.478 e. The number of carbonyl (C=O) groups is 2. The summed E-state index contributed by atoms with van der Waals surface area (Å²) in [5, 5.41) is 0. The fourth-order valence-electron chi connectivity index (χ4n) is 3.03. The van der Waals surface area contributed by atoms with Crippen molar-refractivity contribution in [1.82, 2.24) is 0 Å². The Kier molecular flexibility index (Phi) is 6.41. The number of hydrogen-bond donors (Lipinski definition) is 0. The van der Waals surface area contributed by atoms with E-state index in [-0.39, 0.29) is 17.6 Å². The third kappa shape index (κ3) is 4.16. The zero-order valence-electron chi connectivity index (χ0n) is 15.3. The van der Waals surface area contributed by atoms with Crippen molar-refractivity contribution in [3.05, 3.63) is 23.8 Å². The minimum Gasteiger partial charge on any atom is -0.478 e. The number of nitrogens with zero attached hydrogens (tertiary/aromatic N) is 1. The van der Waals surface area contributed by atoms with Gasteiger partial charge in [0, 0.05) is 12.1 Å². The normalized spacial score (nSPS) is 17.0. The zero-order valence-corrected chi connectivity index (χ0v) is 15.3. The van der Waals surface area contributed by atoms with Crippen LogP contribution in [0, 0.1) is 5.92 Å². The summed E-state index contributed by atoms with van der Waals surface area (Å²) in [6.07, 6.45) is 5.28. The first kappa shape index (κ1) is 18.5. The summed E-state index contributed by atoms with van der Waals surface area (Å²) in [6.45, 7) is 8.41. The number of rotatable bonds is 8. The van der Waals surface area contributed by atoms with E-state index in [9.17, 15) is 9.59 Å². The predicted molar refractivity (Wildman–Crippen MR) is 96.8 cm³/mol. The van der Waals surface area contributed by atoms with E-state index >= 15 is 0 Å². The number of Topliss-reactive ketones (excluding diaryl/α,β-unsaturated/α-hetero) is 1. The Morgan fingerprint density at radius 1 is 1.21 bits per heavy atom. The van der Waals surface area contributed by atoms with Crippen LogP contribution in [-0.4, -0.2) is 24.3 Å². The standard InChI is InChI=1S/C20H29NO3/c1-5-6-7-8-9-12-21-17-13-16(15(4)22)10-11-18(17)24-19(14(2)3)20(21)23/h10-11,13-14,19H,5-9,12H2,1-4H3. The number of amides is 1. The zero-order chi connectivity index (χ0) is 17.7. The average Bonchev–Trinajstić information content (AvgIpc) is 2.55. The summed E-state index contributed by atoms with van der Waals surface area (Å²) in [5.74, 6) is 0.820. The van der Waals surface area contributed by atoms with Crippen molar-refractivity contribution in [3.8, 4) is 5.75 Å². The number of ketones is 1. The maximum atomic E-state index is 12.8. The second kappa shape index (κ2) is 8.32. The van der Waals surface area contributed by atoms with Gasteiger partial charge in [-0.3, -0.25) is 9.59 Å². The van der Waals surface area contributed by atoms with Crippen LogP contribution in [0.3, 0.4) is 0 Å². The van der Waals surface area contributed by atoms with Gasteiger partial charge in [0.05, 0.1) is 5.69 Å². The first-order valence-corrected chi connectivity index (χ1v) is 9.08. The molecule has 0 fully saturated rings. The number of carbonyl (C=O) groups excluding carboxylic acids is 2. The lowest BCUT2D eigenvalue weighted by molar-refractivity contribution is -0.128. The quantitative estimate of drug-likeness (QED) is 0.516. The lowest BCUT2D eigenvalue weighted by atomic mass is 10.0. The van der Waals surface area contributed by atoms with Gasteiger partial charge in [-0.2, -0.15) is 0 Å². The van der Waals surface area contributed by atoms with Gasteiger partial charge in [0.1, 0.15) is 5.75 Å². The van der Waals surface area contributed by atoms with Crippen LogP contribution < -0.4 is 9.64 Å². The summed E-state index contributed by atoms with van der Waals surface area (Å²) < 4.78 is 5.91. The SMILES string of the molecule is CCCCCCCN1C(=O)C(C(C)C)Oc2ccc(C(C)=O)cc21. The molecule has 0 saturated heterocycles. The van der Waals surface area contributed by atoms with E-state index in [1.54, 1.807) is 19.1 Å². The fourth-order valence-corrected chi connectivity index (χ4v) is 3.03. The van der Waals surface area contributed by atoms with Crippen LogP contribution in [-0.2, 0) is 4.79 Å². The molecule has 24 heavy (non-hydrogen) atoms. The second-order valence-electron chi connectivity index (χ2n) is 6.93. The Bertz CT molecular complexity index is 595. The van der Waals surface area contributed by atoms with Gasteiger partial charge in [0.25, 0.3) is 5.91 Å². The topological polar surface area (TPSA) is 46.6 Å². The summed E-state index contributed by atoms with van der Waals surface area (Å²) in [7, 11) is 0. The van der Waals surface area contributed by atoms with Crippen molar-refractivity contribution in [2.75, 3.05) is 11.4 Å². The second-order valence-corrected chi connectivity index (χ2v) is 6.93. The monoisotopic (exact) mass is 331 g/mol. The van der Waals surface area contributed by atoms with E-state index < -0.39 is 6.10 Å². The Hall–Kier alpha value is -1.84. The minimum atomic E-state index is -0.448. The highest BCUT2D eigenvalue weighted by atomic mass is 16.5. The number of hydrogen-bond acceptors (Lipinski definition) is 3. The molecule has 0 spiro atoms. The van der Waals surface area contributed by atoms with Gasteiger partial charge in [0.2, 0.25) is 0 Å². The maximum absolute atomic E-state index is 12.8. The first-order valence-electron chi connectivity index (χ1n) is 9.08. The fraction of sp³-hybridized carbons (Fsp3) is 0.600. The highest BCUT2D eigenvalue weighted by Gasteiger charge is 2.36. The molecule has 1 atom stereocenters. The van der Waals surface area contributed by atoms with Gasteiger partial charge in [0.15, 0.2) is 11.9 Å². The highest BCUT2D eigenvalue weighted by Crippen LogP contribution is 2.36. The van der Waals surface area contributed by atoms with Crippen LogP contribution in [0.4, 0.5) is 5.69 Å². The number of unbranched alkanes of at least 4 members (excludes halogenated alkanes) is 4. The van der Waals surface area contributed by atoms with Gasteiger partial charge in [-0.1, -0.05) is 46.5 Å². The third-order valence-corrected chi connectivity index (χ3v) is 4.51. The summed E-state index contributed by atoms with van der Waals surface area (Å²) in [5.41, 5.74) is 1.35. The molecule has 0 aromatic heterocycles. The van der Waals surface area contributed by atoms with Crippen LogP contribution in [0.25, 0.3) is 0 Å². The molecule has 0 bridgehead atoms. The highest BCUT2D eigenvalue weighted by molar-refractivity contribution is 6.02. The van der Waals surface area contributed by atoms with Crippen LogP contribution in [0.15, 0.2) is 18.2 Å². The van der Waals surface area contributed by atoms with E-state index in [0.29, 0.717) is 17.9 Å². The lowest BCUT2D eigenvalue weighted by Gasteiger charge is -2.36. The van der Waals surface area contributed by atoms with Gasteiger partial charge < -0.3 is 9.64 Å². The smallest absolute Gasteiger partial charge is 0.268 e. The molecule has 4 heteroatoms. The van der Waals surface area contributed by atoms with E-state index in [0.717, 1.165) is 18.5 Å². The van der Waals surface area contributed by atoms with E-state index in [4.69, 9.17) is 4.74 Å². The van der Waals surface area contributed by atoms with E-state index in [1.807, 2.05) is 24.8 Å². The molecular formula is C20H29NO3. The molecular weight excluding hydrogens is 302 g/mol. The number of fused-ring (bicyclic) bond motifs is 1. The van der Waals surface area contributed by atoms with Crippen molar-refractivity contribution < 1.29 is 14.3 Å². The molecule has 1 heterocycles. The van der Waals surface area contributed by atoms with E-state index in [1.165, 1.54) is 19.3 Å². The molecule has 1 aromatic carbocycles. The lowest BCUT2D eigenvalue weighted by Crippen LogP contribution is -2.48. The molecule has 132 valence electrons. The van der Waals surface area contributed by atoms with Crippen molar-refractivity contribution >= 4 is 17.4 Å². The van der Waals surface area contributed by atoms with Gasteiger partial charge in [-0.05, 0) is 37.5 Å². The molecule has 1 aromatic rings. The predicted octanol–water partition coefficient (Wildman–Crippen LogP) is 4.61. The molecule has 0 N–H and O–H groups in total. The summed E-state index contributed by atoms with van der Waals surface area (Å²) in [6, 6.07) is 5.38. The van der Waals surface area contributed by atoms with Crippen molar-refractivity contribution in [1.29, 1.82) is 0 Å². The van der Waals surface area contributed by atoms with Crippen LogP contribution in [0.1, 0.15) is 70.2 Å². The van der Waals surface area contributed by atoms with Gasteiger partial charge >= 0.3 is 0 Å².